The molecule has 21 heavy (non-hydrogen) atoms. The van der Waals surface area contributed by atoms with Crippen LogP contribution < -0.4 is 4.72 Å². The van der Waals surface area contributed by atoms with Crippen LogP contribution in [0, 0.1) is 5.92 Å². The van der Waals surface area contributed by atoms with Crippen molar-refractivity contribution in [2.24, 2.45) is 5.92 Å². The van der Waals surface area contributed by atoms with Crippen LogP contribution in [0.1, 0.15) is 32.8 Å². The van der Waals surface area contributed by atoms with Crippen LogP contribution in [0.2, 0.25) is 0 Å². The molecule has 0 bridgehead atoms. The fourth-order valence-corrected chi connectivity index (χ4v) is 3.26. The van der Waals surface area contributed by atoms with E-state index in [4.69, 9.17) is 5.11 Å². The number of pyridine rings is 1. The first-order valence-electron chi connectivity index (χ1n) is 6.64. The van der Waals surface area contributed by atoms with Crippen LogP contribution in [0.3, 0.4) is 0 Å². The zero-order chi connectivity index (χ0) is 16.0. The van der Waals surface area contributed by atoms with Gasteiger partial charge in [0.15, 0.2) is 0 Å². The van der Waals surface area contributed by atoms with Gasteiger partial charge in [0.2, 0.25) is 10.0 Å². The molecule has 0 fully saturated rings. The topological polar surface area (TPSA) is 96.4 Å². The Morgan fingerprint density at radius 1 is 1.43 bits per heavy atom. The number of hydrogen-bond donors (Lipinski definition) is 2. The van der Waals surface area contributed by atoms with Crippen molar-refractivity contribution in [2.45, 2.75) is 38.1 Å². The third-order valence-corrected chi connectivity index (χ3v) is 4.47. The number of carboxylic acids is 1. The Labute approximate surface area is 125 Å². The monoisotopic (exact) mass is 312 g/mol. The van der Waals surface area contributed by atoms with Crippen molar-refractivity contribution in [1.29, 1.82) is 0 Å². The summed E-state index contributed by atoms with van der Waals surface area (Å²) in [6, 6.07) is 1.23. The van der Waals surface area contributed by atoms with E-state index in [1.54, 1.807) is 0 Å². The van der Waals surface area contributed by atoms with E-state index in [2.05, 4.69) is 9.71 Å². The molecule has 1 rings (SSSR count). The van der Waals surface area contributed by atoms with E-state index in [1.165, 1.54) is 24.5 Å². The van der Waals surface area contributed by atoms with Crippen LogP contribution in [-0.4, -0.2) is 30.5 Å². The molecule has 0 aliphatic carbocycles. The molecule has 1 atom stereocenters. The van der Waals surface area contributed by atoms with Crippen LogP contribution in [0.15, 0.2) is 29.4 Å². The summed E-state index contributed by atoms with van der Waals surface area (Å²) in [5.41, 5.74) is 0.415. The van der Waals surface area contributed by atoms with Gasteiger partial charge in [0, 0.05) is 24.5 Å². The van der Waals surface area contributed by atoms with Crippen LogP contribution >= 0.6 is 0 Å². The number of nitrogens with zero attached hydrogens (tertiary/aromatic N) is 1. The molecule has 0 spiro atoms. The van der Waals surface area contributed by atoms with Gasteiger partial charge in [-0.25, -0.2) is 17.9 Å². The molecular weight excluding hydrogens is 292 g/mol. The molecule has 1 aromatic rings. The fraction of sp³-hybridized carbons (Fsp3) is 0.429. The molecule has 0 aliphatic rings. The quantitative estimate of drug-likeness (QED) is 0.749. The number of nitrogens with one attached hydrogen (secondary N) is 1. The molecule has 7 heteroatoms. The number of hydrogen-bond acceptors (Lipinski definition) is 4. The van der Waals surface area contributed by atoms with Gasteiger partial charge in [-0.1, -0.05) is 20.8 Å². The number of aliphatic carboxylic acids is 1. The van der Waals surface area contributed by atoms with Crippen molar-refractivity contribution in [2.75, 3.05) is 0 Å². The van der Waals surface area contributed by atoms with E-state index in [1.807, 2.05) is 20.8 Å². The van der Waals surface area contributed by atoms with E-state index in [0.717, 1.165) is 6.08 Å². The minimum atomic E-state index is -3.67. The Morgan fingerprint density at radius 2 is 2.10 bits per heavy atom. The highest BCUT2D eigenvalue weighted by atomic mass is 32.2. The van der Waals surface area contributed by atoms with Gasteiger partial charge in [-0.05, 0) is 30.0 Å². The van der Waals surface area contributed by atoms with E-state index < -0.39 is 16.0 Å². The normalized spacial score (nSPS) is 13.7. The SMILES string of the molecule is CCC(NS(=O)(=O)c1cncc(C=CC(=O)O)c1)C(C)C. The number of carbonyl (C=O) groups is 1. The average molecular weight is 312 g/mol. The van der Waals surface area contributed by atoms with Crippen LogP contribution in [0.4, 0.5) is 0 Å². The number of carboxylic acid groups (broad SMARTS) is 1. The van der Waals surface area contributed by atoms with Gasteiger partial charge < -0.3 is 5.11 Å². The molecular formula is C14H20N2O4S. The first-order valence-corrected chi connectivity index (χ1v) is 8.13. The Hall–Kier alpha value is -1.73. The maximum Gasteiger partial charge on any atom is 0.328 e. The second-order valence-corrected chi connectivity index (χ2v) is 6.72. The Morgan fingerprint density at radius 3 is 2.62 bits per heavy atom. The third kappa shape index (κ3) is 5.28. The fourth-order valence-electron chi connectivity index (χ4n) is 1.80. The van der Waals surface area contributed by atoms with Crippen molar-refractivity contribution < 1.29 is 18.3 Å². The molecule has 0 aliphatic heterocycles. The predicted octanol–water partition coefficient (Wildman–Crippen LogP) is 1.89. The molecule has 1 heterocycles. The summed E-state index contributed by atoms with van der Waals surface area (Å²) < 4.78 is 27.3. The summed E-state index contributed by atoms with van der Waals surface area (Å²) in [6.07, 6.45) is 5.56. The van der Waals surface area contributed by atoms with E-state index in [0.29, 0.717) is 12.0 Å². The van der Waals surface area contributed by atoms with Gasteiger partial charge in [-0.2, -0.15) is 0 Å². The lowest BCUT2D eigenvalue weighted by Crippen LogP contribution is -2.38. The zero-order valence-electron chi connectivity index (χ0n) is 12.3. The van der Waals surface area contributed by atoms with Crippen LogP contribution in [-0.2, 0) is 14.8 Å². The second-order valence-electron chi connectivity index (χ2n) is 5.01. The van der Waals surface area contributed by atoms with Crippen molar-refractivity contribution in [3.05, 3.63) is 30.1 Å². The summed E-state index contributed by atoms with van der Waals surface area (Å²) in [4.78, 5) is 14.3. The summed E-state index contributed by atoms with van der Waals surface area (Å²) in [7, 11) is -3.67. The highest BCUT2D eigenvalue weighted by molar-refractivity contribution is 7.89. The Kier molecular flexibility index (Phi) is 6.04. The molecule has 0 aromatic carbocycles. The van der Waals surface area contributed by atoms with Crippen molar-refractivity contribution in [3.63, 3.8) is 0 Å². The molecule has 0 amide bonds. The van der Waals surface area contributed by atoms with Gasteiger partial charge in [0.05, 0.1) is 0 Å². The van der Waals surface area contributed by atoms with Crippen molar-refractivity contribution in [1.82, 2.24) is 9.71 Å². The first-order chi connectivity index (χ1) is 9.76. The van der Waals surface area contributed by atoms with Crippen molar-refractivity contribution >= 4 is 22.1 Å². The van der Waals surface area contributed by atoms with E-state index in [-0.39, 0.29) is 16.9 Å². The van der Waals surface area contributed by atoms with Crippen LogP contribution in [0.25, 0.3) is 6.08 Å². The molecule has 0 saturated heterocycles. The number of aromatic nitrogens is 1. The lowest BCUT2D eigenvalue weighted by atomic mass is 10.0. The molecule has 1 unspecified atom stereocenters. The highest BCUT2D eigenvalue weighted by Gasteiger charge is 2.21. The van der Waals surface area contributed by atoms with Gasteiger partial charge >= 0.3 is 5.97 Å². The Balaban J connectivity index is 3.03. The largest absolute Gasteiger partial charge is 0.478 e. The second kappa shape index (κ2) is 7.33. The molecule has 1 aromatic heterocycles. The van der Waals surface area contributed by atoms with E-state index in [9.17, 15) is 13.2 Å². The van der Waals surface area contributed by atoms with Crippen LogP contribution in [0.5, 0.6) is 0 Å². The summed E-state index contributed by atoms with van der Waals surface area (Å²) >= 11 is 0. The molecule has 0 radical (unpaired) electrons. The molecule has 0 saturated carbocycles. The van der Waals surface area contributed by atoms with Gasteiger partial charge in [0.25, 0.3) is 0 Å². The summed E-state index contributed by atoms with van der Waals surface area (Å²) in [5, 5.41) is 8.58. The lowest BCUT2D eigenvalue weighted by molar-refractivity contribution is -0.131. The molecule has 6 nitrogen and oxygen atoms in total. The average Bonchev–Trinajstić information content (AvgIpc) is 2.42. The number of sulfonamides is 1. The maximum absolute atomic E-state index is 12.3. The Bertz CT molecular complexity index is 624. The minimum absolute atomic E-state index is 0.0224. The van der Waals surface area contributed by atoms with Crippen molar-refractivity contribution in [3.8, 4) is 0 Å². The lowest BCUT2D eigenvalue weighted by Gasteiger charge is -2.20. The minimum Gasteiger partial charge on any atom is -0.478 e. The first kappa shape index (κ1) is 17.3. The smallest absolute Gasteiger partial charge is 0.328 e. The third-order valence-electron chi connectivity index (χ3n) is 3.01. The zero-order valence-corrected chi connectivity index (χ0v) is 13.1. The molecule has 2 N–H and O–H groups in total. The van der Waals surface area contributed by atoms with Gasteiger partial charge in [-0.3, -0.25) is 4.98 Å². The van der Waals surface area contributed by atoms with Gasteiger partial charge in [-0.15, -0.1) is 0 Å². The predicted molar refractivity (Wildman–Crippen MR) is 80.1 cm³/mol. The molecule has 116 valence electrons. The van der Waals surface area contributed by atoms with Gasteiger partial charge in [0.1, 0.15) is 4.90 Å². The van der Waals surface area contributed by atoms with E-state index >= 15 is 0 Å². The number of rotatable bonds is 7. The standard InChI is InChI=1S/C14H20N2O4S/c1-4-13(10(2)3)16-21(19,20)12-7-11(8-15-9-12)5-6-14(17)18/h5-10,13,16H,4H2,1-3H3,(H,17,18). The summed E-state index contributed by atoms with van der Waals surface area (Å²) in [6.45, 7) is 5.80. The maximum atomic E-state index is 12.3. The summed E-state index contributed by atoms with van der Waals surface area (Å²) in [5.74, 6) is -0.930. The highest BCUT2D eigenvalue weighted by Crippen LogP contribution is 2.14.